The molecule has 2 N–H and O–H groups in total. The third kappa shape index (κ3) is 2.80. The number of aromatic nitrogens is 1. The zero-order valence-corrected chi connectivity index (χ0v) is 12.1. The molecule has 2 atom stereocenters. The summed E-state index contributed by atoms with van der Waals surface area (Å²) in [5.74, 6) is -0.741. The van der Waals surface area contributed by atoms with E-state index in [1.54, 1.807) is 0 Å². The number of carbonyl (C=O) groups excluding carboxylic acids is 1. The number of aliphatic hydroxyl groups is 1. The van der Waals surface area contributed by atoms with E-state index in [1.165, 1.54) is 18.1 Å². The highest BCUT2D eigenvalue weighted by Gasteiger charge is 2.36. The molecule has 21 heavy (non-hydrogen) atoms. The number of fused-ring (bicyclic) bond motifs is 1. The summed E-state index contributed by atoms with van der Waals surface area (Å²) in [6.07, 6.45) is 2.31. The Morgan fingerprint density at radius 2 is 2.24 bits per heavy atom. The number of nitrogens with one attached hydrogen (secondary N) is 1. The van der Waals surface area contributed by atoms with Gasteiger partial charge in [-0.15, -0.1) is 0 Å². The zero-order chi connectivity index (χ0) is 14.8. The van der Waals surface area contributed by atoms with Crippen LogP contribution in [0.15, 0.2) is 30.5 Å². The molecule has 1 aliphatic rings. The lowest BCUT2D eigenvalue weighted by molar-refractivity contribution is -0.147. The number of nitrogens with zero attached hydrogens (tertiary/aromatic N) is 1. The second-order valence-electron chi connectivity index (χ2n) is 5.57. The molecule has 1 aromatic carbocycles. The van der Waals surface area contributed by atoms with Crippen LogP contribution < -0.4 is 0 Å². The SMILES string of the molecule is COC(=O)[C@@H]1CN(CCc2c[nH]c3ccccc23)C[C@H]1O. The molecule has 3 rings (SSSR count). The van der Waals surface area contributed by atoms with Crippen LogP contribution in [0.4, 0.5) is 0 Å². The highest BCUT2D eigenvalue weighted by Crippen LogP contribution is 2.21. The number of rotatable bonds is 4. The number of H-pyrrole nitrogens is 1. The normalized spacial score (nSPS) is 22.8. The van der Waals surface area contributed by atoms with E-state index in [1.807, 2.05) is 18.3 Å². The maximum atomic E-state index is 11.6. The lowest BCUT2D eigenvalue weighted by Gasteiger charge is -2.14. The largest absolute Gasteiger partial charge is 0.469 e. The molecular formula is C16H20N2O3. The molecule has 2 aromatic rings. The Morgan fingerprint density at radius 1 is 1.43 bits per heavy atom. The molecule has 0 aliphatic carbocycles. The van der Waals surface area contributed by atoms with Gasteiger partial charge in [-0.2, -0.15) is 0 Å². The minimum atomic E-state index is -0.625. The number of β-amino-alcohol motifs (C(OH)–C–C–N with tert-alkyl or cyclic N) is 1. The predicted molar refractivity (Wildman–Crippen MR) is 80.0 cm³/mol. The fourth-order valence-corrected chi connectivity index (χ4v) is 3.05. The first kappa shape index (κ1) is 14.1. The van der Waals surface area contributed by atoms with Crippen LogP contribution in [0.1, 0.15) is 5.56 Å². The van der Waals surface area contributed by atoms with Crippen molar-refractivity contribution >= 4 is 16.9 Å². The van der Waals surface area contributed by atoms with Crippen molar-refractivity contribution in [2.24, 2.45) is 5.92 Å². The summed E-state index contributed by atoms with van der Waals surface area (Å²) in [6.45, 7) is 1.92. The van der Waals surface area contributed by atoms with Crippen LogP contribution in [-0.2, 0) is 16.0 Å². The fourth-order valence-electron chi connectivity index (χ4n) is 3.05. The highest BCUT2D eigenvalue weighted by molar-refractivity contribution is 5.83. The van der Waals surface area contributed by atoms with Gasteiger partial charge in [-0.3, -0.25) is 9.69 Å². The number of aromatic amines is 1. The third-order valence-corrected chi connectivity index (χ3v) is 4.24. The molecule has 1 aromatic heterocycles. The van der Waals surface area contributed by atoms with Gasteiger partial charge in [-0.05, 0) is 18.1 Å². The molecule has 1 fully saturated rings. The minimum absolute atomic E-state index is 0.322. The Balaban J connectivity index is 1.62. The predicted octanol–water partition coefficient (Wildman–Crippen LogP) is 1.18. The minimum Gasteiger partial charge on any atom is -0.469 e. The van der Waals surface area contributed by atoms with Crippen molar-refractivity contribution in [2.45, 2.75) is 12.5 Å². The van der Waals surface area contributed by atoms with E-state index < -0.39 is 12.0 Å². The Labute approximate surface area is 123 Å². The van der Waals surface area contributed by atoms with Crippen molar-refractivity contribution in [2.75, 3.05) is 26.7 Å². The number of ether oxygens (including phenoxy) is 1. The van der Waals surface area contributed by atoms with E-state index in [2.05, 4.69) is 22.0 Å². The van der Waals surface area contributed by atoms with Gasteiger partial charge in [0, 0.05) is 36.7 Å². The summed E-state index contributed by atoms with van der Waals surface area (Å²) >= 11 is 0. The number of methoxy groups -OCH3 is 1. The van der Waals surface area contributed by atoms with Crippen LogP contribution in [0.2, 0.25) is 0 Å². The second kappa shape index (κ2) is 5.87. The van der Waals surface area contributed by atoms with E-state index in [0.717, 1.165) is 18.5 Å². The molecule has 0 bridgehead atoms. The lowest BCUT2D eigenvalue weighted by Crippen LogP contribution is -2.27. The molecule has 0 spiro atoms. The molecule has 0 unspecified atom stereocenters. The molecule has 0 amide bonds. The molecule has 1 saturated heterocycles. The van der Waals surface area contributed by atoms with Crippen molar-refractivity contribution in [1.29, 1.82) is 0 Å². The van der Waals surface area contributed by atoms with Gasteiger partial charge in [0.15, 0.2) is 0 Å². The van der Waals surface area contributed by atoms with Gasteiger partial charge in [0.2, 0.25) is 0 Å². The molecule has 1 aliphatic heterocycles. The summed E-state index contributed by atoms with van der Waals surface area (Å²) < 4.78 is 4.73. The average Bonchev–Trinajstić information content (AvgIpc) is 3.08. The van der Waals surface area contributed by atoms with Gasteiger partial charge < -0.3 is 14.8 Å². The van der Waals surface area contributed by atoms with Crippen molar-refractivity contribution in [3.63, 3.8) is 0 Å². The molecule has 2 heterocycles. The number of likely N-dealkylation sites (tertiary alicyclic amines) is 1. The first-order chi connectivity index (χ1) is 10.2. The molecule has 0 radical (unpaired) electrons. The smallest absolute Gasteiger partial charge is 0.312 e. The summed E-state index contributed by atoms with van der Waals surface area (Å²) in [5.41, 5.74) is 2.41. The summed E-state index contributed by atoms with van der Waals surface area (Å²) in [7, 11) is 1.36. The van der Waals surface area contributed by atoms with Crippen LogP contribution in [0.5, 0.6) is 0 Å². The average molecular weight is 288 g/mol. The van der Waals surface area contributed by atoms with Crippen LogP contribution in [-0.4, -0.2) is 53.8 Å². The van der Waals surface area contributed by atoms with Crippen molar-refractivity contribution < 1.29 is 14.6 Å². The van der Waals surface area contributed by atoms with Gasteiger partial charge >= 0.3 is 5.97 Å². The number of para-hydroxylation sites is 1. The number of carbonyl (C=O) groups is 1. The zero-order valence-electron chi connectivity index (χ0n) is 12.1. The first-order valence-corrected chi connectivity index (χ1v) is 7.22. The van der Waals surface area contributed by atoms with Crippen molar-refractivity contribution in [3.8, 4) is 0 Å². The Kier molecular flexibility index (Phi) is 3.94. The van der Waals surface area contributed by atoms with Gasteiger partial charge in [-0.1, -0.05) is 18.2 Å². The van der Waals surface area contributed by atoms with Crippen LogP contribution in [0.3, 0.4) is 0 Å². The standard InChI is InChI=1S/C16H20N2O3/c1-21-16(20)13-9-18(10-15(13)19)7-6-11-8-17-14-5-3-2-4-12(11)14/h2-5,8,13,15,17,19H,6-7,9-10H2,1H3/t13-,15-/m1/s1. The lowest BCUT2D eigenvalue weighted by atomic mass is 10.1. The second-order valence-corrected chi connectivity index (χ2v) is 5.57. The topological polar surface area (TPSA) is 65.6 Å². The molecule has 112 valence electrons. The maximum absolute atomic E-state index is 11.6. The Morgan fingerprint density at radius 3 is 3.05 bits per heavy atom. The van der Waals surface area contributed by atoms with E-state index in [0.29, 0.717) is 13.1 Å². The molecule has 5 heteroatoms. The van der Waals surface area contributed by atoms with Gasteiger partial charge in [-0.25, -0.2) is 0 Å². The van der Waals surface area contributed by atoms with Gasteiger partial charge in [0.1, 0.15) is 0 Å². The number of aliphatic hydroxyl groups excluding tert-OH is 1. The maximum Gasteiger partial charge on any atom is 0.312 e. The summed E-state index contributed by atoms with van der Waals surface area (Å²) in [4.78, 5) is 16.9. The van der Waals surface area contributed by atoms with E-state index >= 15 is 0 Å². The number of benzene rings is 1. The van der Waals surface area contributed by atoms with Gasteiger partial charge in [0.25, 0.3) is 0 Å². The molecule has 0 saturated carbocycles. The number of hydrogen-bond acceptors (Lipinski definition) is 4. The summed E-state index contributed by atoms with van der Waals surface area (Å²) in [6, 6.07) is 8.22. The van der Waals surface area contributed by atoms with Crippen LogP contribution in [0.25, 0.3) is 10.9 Å². The van der Waals surface area contributed by atoms with E-state index in [9.17, 15) is 9.90 Å². The molecular weight excluding hydrogens is 268 g/mol. The van der Waals surface area contributed by atoms with E-state index in [-0.39, 0.29) is 5.97 Å². The number of esters is 1. The van der Waals surface area contributed by atoms with Crippen molar-refractivity contribution in [1.82, 2.24) is 9.88 Å². The first-order valence-electron chi connectivity index (χ1n) is 7.22. The highest BCUT2D eigenvalue weighted by atomic mass is 16.5. The quantitative estimate of drug-likeness (QED) is 0.829. The third-order valence-electron chi connectivity index (χ3n) is 4.24. The fraction of sp³-hybridized carbons (Fsp3) is 0.438. The van der Waals surface area contributed by atoms with Gasteiger partial charge in [0.05, 0.1) is 19.1 Å². The van der Waals surface area contributed by atoms with Crippen LogP contribution >= 0.6 is 0 Å². The summed E-state index contributed by atoms with van der Waals surface area (Å²) in [5, 5.41) is 11.2. The monoisotopic (exact) mass is 288 g/mol. The number of hydrogen-bond donors (Lipinski definition) is 2. The van der Waals surface area contributed by atoms with Crippen molar-refractivity contribution in [3.05, 3.63) is 36.0 Å². The van der Waals surface area contributed by atoms with E-state index in [4.69, 9.17) is 4.74 Å². The molecule has 5 nitrogen and oxygen atoms in total. The Hall–Kier alpha value is -1.85. The Bertz CT molecular complexity index is 637. The van der Waals surface area contributed by atoms with Crippen LogP contribution in [0, 0.1) is 5.92 Å².